The van der Waals surface area contributed by atoms with Crippen LogP contribution in [0.1, 0.15) is 0 Å². The van der Waals surface area contributed by atoms with Crippen molar-refractivity contribution in [1.82, 2.24) is 4.90 Å². The van der Waals surface area contributed by atoms with Crippen LogP contribution in [0.4, 0.5) is 16.2 Å². The molecule has 1 aliphatic rings. The molecule has 1 saturated heterocycles. The van der Waals surface area contributed by atoms with Gasteiger partial charge in [0, 0.05) is 30.9 Å². The Morgan fingerprint density at radius 3 is 2.71 bits per heavy atom. The van der Waals surface area contributed by atoms with Crippen LogP contribution in [0.3, 0.4) is 0 Å². The molecule has 0 unspecified atom stereocenters. The summed E-state index contributed by atoms with van der Waals surface area (Å²) >= 11 is 0. The smallest absolute Gasteiger partial charge is 0.403 e. The van der Waals surface area contributed by atoms with Crippen LogP contribution in [0.15, 0.2) is 18.2 Å². The number of nitro groups is 1. The summed E-state index contributed by atoms with van der Waals surface area (Å²) in [6.07, 6.45) is -1.15. The number of amides is 2. The predicted octanol–water partition coefficient (Wildman–Crippen LogP) is 0.331. The first kappa shape index (κ1) is 14.7. The Balaban J connectivity index is 2.35. The third-order valence-corrected chi connectivity index (χ3v) is 3.07. The molecule has 2 N–H and O–H groups in total. The summed E-state index contributed by atoms with van der Waals surface area (Å²) in [5.74, 6) is -0.417. The number of anilines is 1. The van der Waals surface area contributed by atoms with E-state index in [1.807, 2.05) is 11.9 Å². The third-order valence-electron chi connectivity index (χ3n) is 3.07. The van der Waals surface area contributed by atoms with Crippen LogP contribution in [0, 0.1) is 10.1 Å². The Labute approximate surface area is 120 Å². The quantitative estimate of drug-likeness (QED) is 0.633. The molecule has 0 aliphatic carbocycles. The molecule has 1 aromatic rings. The van der Waals surface area contributed by atoms with Crippen LogP contribution in [0.2, 0.25) is 0 Å². The van der Waals surface area contributed by atoms with Gasteiger partial charge in [0.2, 0.25) is 11.7 Å². The summed E-state index contributed by atoms with van der Waals surface area (Å²) in [5.41, 5.74) is 4.93. The molecular weight excluding hydrogens is 280 g/mol. The van der Waals surface area contributed by atoms with E-state index in [1.54, 1.807) is 0 Å². The Morgan fingerprint density at radius 1 is 1.43 bits per heavy atom. The third kappa shape index (κ3) is 3.26. The molecule has 21 heavy (non-hydrogen) atoms. The minimum absolute atomic E-state index is 0.136. The fourth-order valence-electron chi connectivity index (χ4n) is 2.08. The zero-order chi connectivity index (χ0) is 15.6. The Morgan fingerprint density at radius 2 is 2.14 bits per heavy atom. The molecule has 0 radical (unpaired) electrons. The molecule has 0 atom stereocenters. The van der Waals surface area contributed by atoms with Crippen LogP contribution in [0.5, 0.6) is 5.75 Å². The molecule has 9 nitrogen and oxygen atoms in total. The van der Waals surface area contributed by atoms with Gasteiger partial charge in [0.25, 0.3) is 0 Å². The lowest BCUT2D eigenvalue weighted by molar-refractivity contribution is -0.385. The highest BCUT2D eigenvalue weighted by atomic mass is 16.6. The first-order chi connectivity index (χ1) is 9.88. The van der Waals surface area contributed by atoms with Gasteiger partial charge in [-0.25, -0.2) is 4.79 Å². The number of hydrogen-bond donors (Lipinski definition) is 1. The molecule has 1 fully saturated rings. The number of nitrogens with two attached hydrogens (primary N) is 1. The molecule has 1 aromatic carbocycles. The second-order valence-electron chi connectivity index (χ2n) is 4.61. The molecular formula is C12H14N4O5. The number of nitrogens with zero attached hydrogens (tertiary/aromatic N) is 3. The number of ether oxygens (including phenoxy) is 1. The van der Waals surface area contributed by atoms with Crippen molar-refractivity contribution in [3.8, 4) is 5.75 Å². The van der Waals surface area contributed by atoms with Crippen molar-refractivity contribution in [3.05, 3.63) is 28.3 Å². The van der Waals surface area contributed by atoms with Gasteiger partial charge in [-0.05, 0) is 13.1 Å². The molecule has 2 amide bonds. The lowest BCUT2D eigenvalue weighted by Crippen LogP contribution is -2.48. The van der Waals surface area contributed by atoms with Crippen LogP contribution in [-0.2, 0) is 4.79 Å². The maximum Gasteiger partial charge on any atom is 0.410 e. The molecule has 0 aromatic heterocycles. The van der Waals surface area contributed by atoms with E-state index in [-0.39, 0.29) is 23.9 Å². The SMILES string of the molecule is CN1CCN(c2ccc([N+](=O)[O-])c(OC(N)=O)c2)C(=O)C1. The van der Waals surface area contributed by atoms with Crippen molar-refractivity contribution in [2.45, 2.75) is 0 Å². The normalized spacial score (nSPS) is 15.9. The lowest BCUT2D eigenvalue weighted by atomic mass is 10.2. The molecule has 0 saturated carbocycles. The predicted molar refractivity (Wildman–Crippen MR) is 73.2 cm³/mol. The maximum absolute atomic E-state index is 12.0. The summed E-state index contributed by atoms with van der Waals surface area (Å²) in [6, 6.07) is 3.89. The van der Waals surface area contributed by atoms with E-state index in [9.17, 15) is 19.7 Å². The van der Waals surface area contributed by atoms with E-state index in [4.69, 9.17) is 5.73 Å². The molecule has 9 heteroatoms. The van der Waals surface area contributed by atoms with Crippen molar-refractivity contribution < 1.29 is 19.2 Å². The molecule has 0 bridgehead atoms. The second kappa shape index (κ2) is 5.75. The highest BCUT2D eigenvalue weighted by molar-refractivity contribution is 5.96. The minimum atomic E-state index is -1.15. The number of nitro benzene ring substituents is 1. The van der Waals surface area contributed by atoms with Gasteiger partial charge < -0.3 is 15.4 Å². The molecule has 0 spiro atoms. The van der Waals surface area contributed by atoms with Gasteiger partial charge in [-0.1, -0.05) is 0 Å². The average Bonchev–Trinajstić information content (AvgIpc) is 2.37. The standard InChI is InChI=1S/C12H14N4O5/c1-14-4-5-15(11(17)7-14)8-2-3-9(16(19)20)10(6-8)21-12(13)18/h2-3,6H,4-5,7H2,1H3,(H2,13,18). The van der Waals surface area contributed by atoms with E-state index >= 15 is 0 Å². The van der Waals surface area contributed by atoms with Gasteiger partial charge >= 0.3 is 11.8 Å². The second-order valence-corrected chi connectivity index (χ2v) is 4.61. The highest BCUT2D eigenvalue weighted by Crippen LogP contribution is 2.32. The number of benzene rings is 1. The number of rotatable bonds is 3. The number of carbonyl (C=O) groups excluding carboxylic acids is 2. The first-order valence-electron chi connectivity index (χ1n) is 6.13. The number of primary amides is 1. The van der Waals surface area contributed by atoms with Crippen LogP contribution in [0.25, 0.3) is 0 Å². The molecule has 1 heterocycles. The Kier molecular flexibility index (Phi) is 4.03. The summed E-state index contributed by atoms with van der Waals surface area (Å²) in [5, 5.41) is 10.9. The summed E-state index contributed by atoms with van der Waals surface area (Å²) in [6.45, 7) is 1.38. The maximum atomic E-state index is 12.0. The number of carbonyl (C=O) groups is 2. The number of likely N-dealkylation sites (N-methyl/N-ethyl adjacent to an activating group) is 1. The van der Waals surface area contributed by atoms with Crippen LogP contribution in [-0.4, -0.2) is 48.5 Å². The topological polar surface area (TPSA) is 119 Å². The number of piperazine rings is 1. The average molecular weight is 294 g/mol. The van der Waals surface area contributed by atoms with Gasteiger partial charge in [-0.3, -0.25) is 19.8 Å². The van der Waals surface area contributed by atoms with Crippen molar-refractivity contribution in [2.24, 2.45) is 5.73 Å². The van der Waals surface area contributed by atoms with Gasteiger partial charge in [-0.2, -0.15) is 0 Å². The number of hydrogen-bond acceptors (Lipinski definition) is 6. The summed E-state index contributed by atoms with van der Waals surface area (Å²) < 4.78 is 4.64. The van der Waals surface area contributed by atoms with Gasteiger partial charge in [0.1, 0.15) is 0 Å². The van der Waals surface area contributed by atoms with Crippen LogP contribution < -0.4 is 15.4 Å². The van der Waals surface area contributed by atoms with E-state index < -0.39 is 11.0 Å². The minimum Gasteiger partial charge on any atom is -0.403 e. The monoisotopic (exact) mass is 294 g/mol. The zero-order valence-corrected chi connectivity index (χ0v) is 11.3. The Hall–Kier alpha value is -2.68. The first-order valence-corrected chi connectivity index (χ1v) is 6.13. The van der Waals surface area contributed by atoms with Crippen molar-refractivity contribution in [3.63, 3.8) is 0 Å². The van der Waals surface area contributed by atoms with Gasteiger partial charge in [-0.15, -0.1) is 0 Å². The fourth-order valence-corrected chi connectivity index (χ4v) is 2.08. The van der Waals surface area contributed by atoms with Crippen molar-refractivity contribution in [1.29, 1.82) is 0 Å². The fraction of sp³-hybridized carbons (Fsp3) is 0.333. The molecule has 1 aliphatic heterocycles. The van der Waals surface area contributed by atoms with E-state index in [0.29, 0.717) is 18.8 Å². The van der Waals surface area contributed by atoms with Crippen molar-refractivity contribution >= 4 is 23.4 Å². The van der Waals surface area contributed by atoms with Gasteiger partial charge in [0.05, 0.1) is 11.5 Å². The summed E-state index contributed by atoms with van der Waals surface area (Å²) in [4.78, 5) is 36.4. The van der Waals surface area contributed by atoms with E-state index in [0.717, 1.165) is 0 Å². The highest BCUT2D eigenvalue weighted by Gasteiger charge is 2.25. The molecule has 2 rings (SSSR count). The van der Waals surface area contributed by atoms with Crippen molar-refractivity contribution in [2.75, 3.05) is 31.6 Å². The zero-order valence-electron chi connectivity index (χ0n) is 11.3. The largest absolute Gasteiger partial charge is 0.410 e. The van der Waals surface area contributed by atoms with E-state index in [1.165, 1.54) is 23.1 Å². The van der Waals surface area contributed by atoms with E-state index in [2.05, 4.69) is 4.74 Å². The van der Waals surface area contributed by atoms with Crippen LogP contribution >= 0.6 is 0 Å². The lowest BCUT2D eigenvalue weighted by Gasteiger charge is -2.32. The van der Waals surface area contributed by atoms with Gasteiger partial charge in [0.15, 0.2) is 0 Å². The Bertz CT molecular complexity index is 603. The molecule has 112 valence electrons. The summed E-state index contributed by atoms with van der Waals surface area (Å²) in [7, 11) is 1.83.